The molecule has 1 aromatic rings. The van der Waals surface area contributed by atoms with Crippen LogP contribution in [0.25, 0.3) is 0 Å². The smallest absolute Gasteiger partial charge is 0.317 e. The largest absolute Gasteiger partial charge is 0.366 e. The maximum Gasteiger partial charge on any atom is 0.317 e. The average molecular weight is 293 g/mol. The van der Waals surface area contributed by atoms with Crippen LogP contribution >= 0.6 is 0 Å². The van der Waals surface area contributed by atoms with Gasteiger partial charge in [-0.2, -0.15) is 0 Å². The van der Waals surface area contributed by atoms with Crippen molar-refractivity contribution in [3.8, 4) is 0 Å². The highest BCUT2D eigenvalue weighted by molar-refractivity contribution is 5.74. The lowest BCUT2D eigenvalue weighted by atomic mass is 9.97. The van der Waals surface area contributed by atoms with E-state index in [1.165, 1.54) is 6.07 Å². The molecular formula is C16H24FN3O. The maximum atomic E-state index is 13.7. The molecule has 0 spiro atoms. The van der Waals surface area contributed by atoms with Crippen molar-refractivity contribution in [1.29, 1.82) is 0 Å². The van der Waals surface area contributed by atoms with Gasteiger partial charge in [0.15, 0.2) is 0 Å². The molecule has 116 valence electrons. The summed E-state index contributed by atoms with van der Waals surface area (Å²) < 4.78 is 13.7. The number of carbonyl (C=O) groups excluding carboxylic acids is 1. The van der Waals surface area contributed by atoms with E-state index < -0.39 is 0 Å². The summed E-state index contributed by atoms with van der Waals surface area (Å²) in [6.45, 7) is 9.46. The van der Waals surface area contributed by atoms with Crippen LogP contribution in [0, 0.1) is 11.2 Å². The van der Waals surface area contributed by atoms with Crippen LogP contribution in [-0.4, -0.2) is 43.7 Å². The number of hydrogen-bond acceptors (Lipinski definition) is 2. The number of piperazine rings is 1. The normalized spacial score (nSPS) is 16.0. The number of anilines is 1. The summed E-state index contributed by atoms with van der Waals surface area (Å²) in [7, 11) is 0. The lowest BCUT2D eigenvalue weighted by Gasteiger charge is -2.36. The third-order valence-corrected chi connectivity index (χ3v) is 3.53. The Balaban J connectivity index is 1.86. The molecule has 1 aliphatic rings. The number of halogens is 1. The molecule has 2 amide bonds. The van der Waals surface area contributed by atoms with Gasteiger partial charge in [-0.25, -0.2) is 9.18 Å². The first kappa shape index (κ1) is 15.6. The number of nitrogens with one attached hydrogen (secondary N) is 1. The molecule has 0 aliphatic carbocycles. The molecule has 0 radical (unpaired) electrons. The van der Waals surface area contributed by atoms with E-state index in [9.17, 15) is 9.18 Å². The van der Waals surface area contributed by atoms with Crippen molar-refractivity contribution in [3.05, 3.63) is 30.1 Å². The minimum atomic E-state index is -0.205. The Morgan fingerprint density at radius 3 is 2.38 bits per heavy atom. The maximum absolute atomic E-state index is 13.7. The number of para-hydroxylation sites is 1. The third kappa shape index (κ3) is 4.34. The van der Waals surface area contributed by atoms with Crippen molar-refractivity contribution in [2.24, 2.45) is 5.41 Å². The molecular weight excluding hydrogens is 269 g/mol. The molecule has 1 aromatic carbocycles. The average Bonchev–Trinajstić information content (AvgIpc) is 2.45. The van der Waals surface area contributed by atoms with Crippen molar-refractivity contribution in [1.82, 2.24) is 10.2 Å². The molecule has 1 N–H and O–H groups in total. The minimum Gasteiger partial charge on any atom is -0.366 e. The molecule has 1 heterocycles. The predicted octanol–water partition coefficient (Wildman–Crippen LogP) is 2.70. The van der Waals surface area contributed by atoms with Crippen LogP contribution in [-0.2, 0) is 0 Å². The number of benzene rings is 1. The van der Waals surface area contributed by atoms with Gasteiger partial charge in [0.2, 0.25) is 0 Å². The Kier molecular flexibility index (Phi) is 4.70. The summed E-state index contributed by atoms with van der Waals surface area (Å²) in [6, 6.07) is 6.75. The first-order valence-electron chi connectivity index (χ1n) is 7.39. The fourth-order valence-corrected chi connectivity index (χ4v) is 2.31. The van der Waals surface area contributed by atoms with E-state index in [1.54, 1.807) is 17.0 Å². The first-order chi connectivity index (χ1) is 9.87. The van der Waals surface area contributed by atoms with Crippen molar-refractivity contribution < 1.29 is 9.18 Å². The fraction of sp³-hybridized carbons (Fsp3) is 0.562. The summed E-state index contributed by atoms with van der Waals surface area (Å²) in [4.78, 5) is 15.9. The van der Waals surface area contributed by atoms with E-state index in [0.29, 0.717) is 38.4 Å². The monoisotopic (exact) mass is 293 g/mol. The zero-order chi connectivity index (χ0) is 15.5. The van der Waals surface area contributed by atoms with Crippen LogP contribution < -0.4 is 10.2 Å². The van der Waals surface area contributed by atoms with Gasteiger partial charge in [0.1, 0.15) is 5.82 Å². The highest BCUT2D eigenvalue weighted by atomic mass is 19.1. The molecule has 0 atom stereocenters. The Labute approximate surface area is 125 Å². The number of nitrogens with zero attached hydrogens (tertiary/aromatic N) is 2. The quantitative estimate of drug-likeness (QED) is 0.910. The van der Waals surface area contributed by atoms with E-state index in [1.807, 2.05) is 11.0 Å². The van der Waals surface area contributed by atoms with Crippen LogP contribution in [0.4, 0.5) is 14.9 Å². The number of amides is 2. The van der Waals surface area contributed by atoms with Crippen molar-refractivity contribution in [3.63, 3.8) is 0 Å². The molecule has 1 fully saturated rings. The van der Waals surface area contributed by atoms with E-state index in [4.69, 9.17) is 0 Å². The van der Waals surface area contributed by atoms with Gasteiger partial charge >= 0.3 is 6.03 Å². The number of carbonyl (C=O) groups is 1. The molecule has 1 saturated heterocycles. The van der Waals surface area contributed by atoms with Crippen LogP contribution in [0.15, 0.2) is 24.3 Å². The van der Waals surface area contributed by atoms with Crippen LogP contribution in [0.2, 0.25) is 0 Å². The van der Waals surface area contributed by atoms with Gasteiger partial charge in [0.25, 0.3) is 0 Å². The van der Waals surface area contributed by atoms with Gasteiger partial charge in [-0.15, -0.1) is 0 Å². The summed E-state index contributed by atoms with van der Waals surface area (Å²) >= 11 is 0. The third-order valence-electron chi connectivity index (χ3n) is 3.53. The van der Waals surface area contributed by atoms with E-state index in [0.717, 1.165) is 0 Å². The Bertz CT molecular complexity index is 491. The molecule has 1 aliphatic heterocycles. The molecule has 0 aromatic heterocycles. The molecule has 4 nitrogen and oxygen atoms in total. The molecule has 0 unspecified atom stereocenters. The van der Waals surface area contributed by atoms with Crippen LogP contribution in [0.1, 0.15) is 20.8 Å². The van der Waals surface area contributed by atoms with Crippen molar-refractivity contribution in [2.75, 3.05) is 37.6 Å². The van der Waals surface area contributed by atoms with Gasteiger partial charge in [0, 0.05) is 32.7 Å². The highest BCUT2D eigenvalue weighted by Crippen LogP contribution is 2.20. The second-order valence-electron chi connectivity index (χ2n) is 6.64. The minimum absolute atomic E-state index is 0.0295. The molecule has 0 bridgehead atoms. The summed E-state index contributed by atoms with van der Waals surface area (Å²) in [6.07, 6.45) is 0. The van der Waals surface area contributed by atoms with Gasteiger partial charge in [-0.05, 0) is 17.5 Å². The fourth-order valence-electron chi connectivity index (χ4n) is 2.31. The van der Waals surface area contributed by atoms with Crippen molar-refractivity contribution in [2.45, 2.75) is 20.8 Å². The lowest BCUT2D eigenvalue weighted by molar-refractivity contribution is 0.189. The number of hydrogen-bond donors (Lipinski definition) is 1. The van der Waals surface area contributed by atoms with E-state index in [2.05, 4.69) is 26.1 Å². The van der Waals surface area contributed by atoms with Gasteiger partial charge in [0.05, 0.1) is 5.69 Å². The zero-order valence-corrected chi connectivity index (χ0v) is 13.0. The Morgan fingerprint density at radius 1 is 1.19 bits per heavy atom. The van der Waals surface area contributed by atoms with Gasteiger partial charge in [-0.1, -0.05) is 32.9 Å². The Hall–Kier alpha value is -1.78. The van der Waals surface area contributed by atoms with E-state index >= 15 is 0 Å². The number of urea groups is 1. The van der Waals surface area contributed by atoms with Crippen LogP contribution in [0.3, 0.4) is 0 Å². The molecule has 0 saturated carbocycles. The standard InChI is InChI=1S/C16H24FN3O/c1-16(2,3)12-18-15(21)20-10-8-19(9-11-20)14-7-5-4-6-13(14)17/h4-7H,8-12H2,1-3H3,(H,18,21). The molecule has 5 heteroatoms. The highest BCUT2D eigenvalue weighted by Gasteiger charge is 2.23. The second kappa shape index (κ2) is 6.33. The second-order valence-corrected chi connectivity index (χ2v) is 6.64. The van der Waals surface area contributed by atoms with Crippen LogP contribution in [0.5, 0.6) is 0 Å². The summed E-state index contributed by atoms with van der Waals surface area (Å²) in [5, 5.41) is 2.95. The van der Waals surface area contributed by atoms with E-state index in [-0.39, 0.29) is 17.3 Å². The van der Waals surface area contributed by atoms with Gasteiger partial charge in [-0.3, -0.25) is 0 Å². The predicted molar refractivity (Wildman–Crippen MR) is 83.0 cm³/mol. The number of rotatable bonds is 2. The topological polar surface area (TPSA) is 35.6 Å². The summed E-state index contributed by atoms with van der Waals surface area (Å²) in [5.41, 5.74) is 0.692. The summed E-state index contributed by atoms with van der Waals surface area (Å²) in [5.74, 6) is -0.205. The van der Waals surface area contributed by atoms with Gasteiger partial charge < -0.3 is 15.1 Å². The van der Waals surface area contributed by atoms with Crippen molar-refractivity contribution >= 4 is 11.7 Å². The SMILES string of the molecule is CC(C)(C)CNC(=O)N1CCN(c2ccccc2F)CC1. The zero-order valence-electron chi connectivity index (χ0n) is 13.0. The first-order valence-corrected chi connectivity index (χ1v) is 7.39. The lowest BCUT2D eigenvalue weighted by Crippen LogP contribution is -2.52. The molecule has 21 heavy (non-hydrogen) atoms. The molecule has 2 rings (SSSR count). The Morgan fingerprint density at radius 2 is 1.81 bits per heavy atom.